The normalized spacial score (nSPS) is 9.93. The molecule has 1 aromatic rings. The largest absolute Gasteiger partial charge is 0.479 e. The molecule has 76 valence electrons. The van der Waals surface area contributed by atoms with Crippen LogP contribution in [0.4, 0.5) is 0 Å². The third-order valence-corrected chi connectivity index (χ3v) is 1.88. The molecule has 0 spiro atoms. The van der Waals surface area contributed by atoms with E-state index in [1.807, 2.05) is 6.92 Å². The van der Waals surface area contributed by atoms with Gasteiger partial charge >= 0.3 is 0 Å². The van der Waals surface area contributed by atoms with Gasteiger partial charge in [-0.15, -0.1) is 0 Å². The van der Waals surface area contributed by atoms with E-state index in [1.54, 1.807) is 19.9 Å². The van der Waals surface area contributed by atoms with Gasteiger partial charge in [0, 0.05) is 11.8 Å². The van der Waals surface area contributed by atoms with E-state index in [-0.39, 0.29) is 11.3 Å². The molecule has 1 rings (SSSR count). The van der Waals surface area contributed by atoms with Crippen molar-refractivity contribution in [2.24, 2.45) is 0 Å². The summed E-state index contributed by atoms with van der Waals surface area (Å²) in [4.78, 5) is 14.1. The maximum Gasteiger partial charge on any atom is 0.260 e. The number of aryl methyl sites for hydroxylation is 1. The first-order valence-electron chi connectivity index (χ1n) is 4.48. The fourth-order valence-electron chi connectivity index (χ4n) is 1.36. The number of nitrogens with one attached hydrogen (secondary N) is 2. The van der Waals surface area contributed by atoms with E-state index < -0.39 is 0 Å². The van der Waals surface area contributed by atoms with E-state index in [0.29, 0.717) is 18.1 Å². The van der Waals surface area contributed by atoms with Crippen LogP contribution in [0.1, 0.15) is 25.0 Å². The number of ether oxygens (including phenoxy) is 1. The number of aromatic amines is 1. The van der Waals surface area contributed by atoms with E-state index in [1.165, 1.54) is 0 Å². The Labute approximate surface area is 82.4 Å². The van der Waals surface area contributed by atoms with Crippen LogP contribution in [-0.4, -0.2) is 17.3 Å². The lowest BCUT2D eigenvalue weighted by atomic mass is 10.1. The van der Waals surface area contributed by atoms with Gasteiger partial charge in [-0.2, -0.15) is 0 Å². The summed E-state index contributed by atoms with van der Waals surface area (Å²) in [5.74, 6) is 0.458. The number of aromatic nitrogens is 1. The summed E-state index contributed by atoms with van der Waals surface area (Å²) in [5.41, 5.74) is 1.20. The summed E-state index contributed by atoms with van der Waals surface area (Å²) in [7, 11) is 0. The average Bonchev–Trinajstić information content (AvgIpc) is 2.01. The lowest BCUT2D eigenvalue weighted by molar-refractivity contribution is 0.325. The van der Waals surface area contributed by atoms with Gasteiger partial charge in [0.05, 0.1) is 12.2 Å². The molecule has 0 saturated heterocycles. The van der Waals surface area contributed by atoms with Crippen molar-refractivity contribution in [1.29, 1.82) is 5.41 Å². The van der Waals surface area contributed by atoms with Gasteiger partial charge in [-0.1, -0.05) is 0 Å². The van der Waals surface area contributed by atoms with Crippen LogP contribution in [0.5, 0.6) is 5.88 Å². The van der Waals surface area contributed by atoms with E-state index in [0.717, 1.165) is 5.56 Å². The van der Waals surface area contributed by atoms with Crippen molar-refractivity contribution in [3.8, 4) is 5.88 Å². The number of hydrogen-bond donors (Lipinski definition) is 2. The summed E-state index contributed by atoms with van der Waals surface area (Å²) < 4.78 is 5.18. The molecule has 0 amide bonds. The second-order valence-corrected chi connectivity index (χ2v) is 3.08. The van der Waals surface area contributed by atoms with Gasteiger partial charge in [-0.05, 0) is 26.3 Å². The molecule has 0 radical (unpaired) electrons. The molecule has 0 fully saturated rings. The van der Waals surface area contributed by atoms with E-state index in [9.17, 15) is 4.79 Å². The third-order valence-electron chi connectivity index (χ3n) is 1.88. The zero-order valence-electron chi connectivity index (χ0n) is 8.60. The second-order valence-electron chi connectivity index (χ2n) is 3.08. The summed E-state index contributed by atoms with van der Waals surface area (Å²) in [6.45, 7) is 5.75. The van der Waals surface area contributed by atoms with Crippen molar-refractivity contribution in [1.82, 2.24) is 4.98 Å². The molecule has 0 atom stereocenters. The molecular weight excluding hydrogens is 180 g/mol. The highest BCUT2D eigenvalue weighted by Crippen LogP contribution is 2.10. The summed E-state index contributed by atoms with van der Waals surface area (Å²) in [6.07, 6.45) is 0. The van der Waals surface area contributed by atoms with Crippen LogP contribution in [0.2, 0.25) is 0 Å². The van der Waals surface area contributed by atoms with Crippen LogP contribution in [0.25, 0.3) is 0 Å². The first kappa shape index (κ1) is 10.5. The number of H-pyrrole nitrogens is 1. The quantitative estimate of drug-likeness (QED) is 0.715. The highest BCUT2D eigenvalue weighted by atomic mass is 16.5. The molecule has 4 heteroatoms. The van der Waals surface area contributed by atoms with Gasteiger partial charge in [0.1, 0.15) is 0 Å². The summed E-state index contributed by atoms with van der Waals surface area (Å²) >= 11 is 0. The van der Waals surface area contributed by atoms with Crippen LogP contribution in [0.3, 0.4) is 0 Å². The molecule has 0 aromatic carbocycles. The van der Waals surface area contributed by atoms with Crippen LogP contribution >= 0.6 is 0 Å². The van der Waals surface area contributed by atoms with Crippen LogP contribution in [0, 0.1) is 12.3 Å². The zero-order valence-corrected chi connectivity index (χ0v) is 8.60. The zero-order chi connectivity index (χ0) is 10.7. The Morgan fingerprint density at radius 2 is 2.29 bits per heavy atom. The Kier molecular flexibility index (Phi) is 3.06. The Balaban J connectivity index is 3.25. The molecule has 0 aliphatic carbocycles. The van der Waals surface area contributed by atoms with Crippen molar-refractivity contribution >= 4 is 5.71 Å². The maximum absolute atomic E-state index is 11.5. The molecule has 0 bridgehead atoms. The molecule has 0 unspecified atom stereocenters. The van der Waals surface area contributed by atoms with E-state index >= 15 is 0 Å². The predicted octanol–water partition coefficient (Wildman–Crippen LogP) is 1.47. The lowest BCUT2D eigenvalue weighted by Gasteiger charge is -2.06. The molecule has 0 saturated carbocycles. The minimum atomic E-state index is -0.263. The van der Waals surface area contributed by atoms with Crippen molar-refractivity contribution < 1.29 is 4.74 Å². The maximum atomic E-state index is 11.5. The molecule has 0 aliphatic rings. The molecule has 2 N–H and O–H groups in total. The van der Waals surface area contributed by atoms with Gasteiger partial charge in [-0.3, -0.25) is 9.78 Å². The third kappa shape index (κ3) is 2.02. The highest BCUT2D eigenvalue weighted by molar-refractivity contribution is 5.97. The van der Waals surface area contributed by atoms with Gasteiger partial charge < -0.3 is 10.1 Å². The van der Waals surface area contributed by atoms with Crippen LogP contribution in [-0.2, 0) is 0 Å². The highest BCUT2D eigenvalue weighted by Gasteiger charge is 2.08. The molecule has 4 nitrogen and oxygen atoms in total. The first-order chi connectivity index (χ1) is 6.56. The van der Waals surface area contributed by atoms with E-state index in [4.69, 9.17) is 10.1 Å². The van der Waals surface area contributed by atoms with Crippen LogP contribution < -0.4 is 10.3 Å². The Bertz CT molecular complexity index is 407. The number of pyridine rings is 1. The molecular formula is C10H14N2O2. The Hall–Kier alpha value is -1.58. The van der Waals surface area contributed by atoms with E-state index in [2.05, 4.69) is 4.98 Å². The smallest absolute Gasteiger partial charge is 0.260 e. The van der Waals surface area contributed by atoms with Crippen molar-refractivity contribution in [3.05, 3.63) is 27.5 Å². The van der Waals surface area contributed by atoms with Gasteiger partial charge in [-0.25, -0.2) is 0 Å². The number of hydrogen-bond acceptors (Lipinski definition) is 3. The van der Waals surface area contributed by atoms with Crippen molar-refractivity contribution in [3.63, 3.8) is 0 Å². The fourth-order valence-corrected chi connectivity index (χ4v) is 1.36. The van der Waals surface area contributed by atoms with Gasteiger partial charge in [0.2, 0.25) is 0 Å². The minimum absolute atomic E-state index is 0.263. The summed E-state index contributed by atoms with van der Waals surface area (Å²) in [5, 5.41) is 7.43. The predicted molar refractivity (Wildman–Crippen MR) is 55.5 cm³/mol. The SMILES string of the molecule is CCOc1cc(C)c(C(C)=N)c(=O)[nH]1. The molecule has 14 heavy (non-hydrogen) atoms. The fraction of sp³-hybridized carbons (Fsp3) is 0.400. The molecule has 1 aromatic heterocycles. The average molecular weight is 194 g/mol. The molecule has 1 heterocycles. The second kappa shape index (κ2) is 4.09. The Morgan fingerprint density at radius 1 is 1.64 bits per heavy atom. The van der Waals surface area contributed by atoms with Crippen LogP contribution in [0.15, 0.2) is 10.9 Å². The monoisotopic (exact) mass is 194 g/mol. The minimum Gasteiger partial charge on any atom is -0.479 e. The number of rotatable bonds is 3. The first-order valence-corrected chi connectivity index (χ1v) is 4.48. The van der Waals surface area contributed by atoms with Crippen molar-refractivity contribution in [2.75, 3.05) is 6.61 Å². The Morgan fingerprint density at radius 3 is 2.71 bits per heavy atom. The van der Waals surface area contributed by atoms with Gasteiger partial charge in [0.25, 0.3) is 5.56 Å². The summed E-state index contributed by atoms with van der Waals surface area (Å²) in [6, 6.07) is 1.73. The van der Waals surface area contributed by atoms with Crippen molar-refractivity contribution in [2.45, 2.75) is 20.8 Å². The lowest BCUT2D eigenvalue weighted by Crippen LogP contribution is -2.18. The standard InChI is InChI=1S/C10H14N2O2/c1-4-14-8-5-6(2)9(7(3)11)10(13)12-8/h5,11H,4H2,1-3H3,(H,12,13). The molecule has 0 aliphatic heterocycles. The topological polar surface area (TPSA) is 65.9 Å². The van der Waals surface area contributed by atoms with Gasteiger partial charge in [0.15, 0.2) is 5.88 Å².